The molecule has 5 nitrogen and oxygen atoms in total. The molecule has 3 heterocycles. The first kappa shape index (κ1) is 16.6. The van der Waals surface area contributed by atoms with E-state index in [1.54, 1.807) is 0 Å². The van der Waals surface area contributed by atoms with Gasteiger partial charge in [0.05, 0.1) is 12.7 Å². The summed E-state index contributed by atoms with van der Waals surface area (Å²) in [5, 5.41) is 4.96. The van der Waals surface area contributed by atoms with Crippen LogP contribution in [0.5, 0.6) is 0 Å². The standard InChI is InChI=1S/C20H24ClN3O2/c1-23-17-7-14(21)5-4-13(17)6-18(23)20(25)22-15-8-16-11-26-19(12-2-3-12)10-24(16)9-15/h4-7,12,15-16,19H,2-3,8-11H2,1H3,(H,22,25)/t15-,16-,19-/m0/s1. The van der Waals surface area contributed by atoms with Crippen LogP contribution in [0, 0.1) is 5.92 Å². The minimum atomic E-state index is -0.00988. The van der Waals surface area contributed by atoms with Crippen molar-refractivity contribution >= 4 is 28.4 Å². The molecule has 0 spiro atoms. The molecular weight excluding hydrogens is 350 g/mol. The van der Waals surface area contributed by atoms with Crippen molar-refractivity contribution in [2.75, 3.05) is 19.7 Å². The monoisotopic (exact) mass is 373 g/mol. The van der Waals surface area contributed by atoms with E-state index in [0.717, 1.165) is 42.9 Å². The fraction of sp³-hybridized carbons (Fsp3) is 0.550. The molecule has 0 unspecified atom stereocenters. The molecule has 5 rings (SSSR count). The predicted octanol–water partition coefficient (Wildman–Crippen LogP) is 2.81. The van der Waals surface area contributed by atoms with Crippen LogP contribution in [0.2, 0.25) is 5.02 Å². The van der Waals surface area contributed by atoms with Crippen LogP contribution in [-0.4, -0.2) is 53.3 Å². The van der Waals surface area contributed by atoms with Crippen molar-refractivity contribution in [2.24, 2.45) is 13.0 Å². The average molecular weight is 374 g/mol. The lowest BCUT2D eigenvalue weighted by atomic mass is 10.1. The molecule has 1 amide bonds. The van der Waals surface area contributed by atoms with Crippen LogP contribution in [0.1, 0.15) is 29.8 Å². The van der Waals surface area contributed by atoms with Crippen LogP contribution in [0.3, 0.4) is 0 Å². The van der Waals surface area contributed by atoms with E-state index in [1.807, 2.05) is 35.9 Å². The second-order valence-corrected chi connectivity index (χ2v) is 8.45. The maximum Gasteiger partial charge on any atom is 0.268 e. The van der Waals surface area contributed by atoms with E-state index in [9.17, 15) is 4.79 Å². The zero-order chi connectivity index (χ0) is 17.8. The first-order valence-corrected chi connectivity index (χ1v) is 9.88. The van der Waals surface area contributed by atoms with E-state index in [0.29, 0.717) is 22.9 Å². The van der Waals surface area contributed by atoms with Crippen LogP contribution in [0.4, 0.5) is 0 Å². The normalized spacial score (nSPS) is 29.1. The number of carbonyl (C=O) groups excluding carboxylic acids is 1. The minimum Gasteiger partial charge on any atom is -0.375 e. The zero-order valence-corrected chi connectivity index (χ0v) is 15.7. The van der Waals surface area contributed by atoms with E-state index in [4.69, 9.17) is 16.3 Å². The van der Waals surface area contributed by atoms with Crippen LogP contribution in [0.25, 0.3) is 10.9 Å². The number of aryl methyl sites for hydroxylation is 1. The Labute approximate surface area is 158 Å². The molecule has 1 aliphatic carbocycles. The van der Waals surface area contributed by atoms with Gasteiger partial charge >= 0.3 is 0 Å². The Morgan fingerprint density at radius 3 is 2.92 bits per heavy atom. The number of hydrogen-bond donors (Lipinski definition) is 1. The summed E-state index contributed by atoms with van der Waals surface area (Å²) >= 11 is 6.09. The molecule has 6 heteroatoms. The van der Waals surface area contributed by atoms with Gasteiger partial charge in [0.15, 0.2) is 0 Å². The van der Waals surface area contributed by atoms with Gasteiger partial charge in [0, 0.05) is 48.1 Å². The summed E-state index contributed by atoms with van der Waals surface area (Å²) in [5.41, 5.74) is 1.66. The highest BCUT2D eigenvalue weighted by atomic mass is 35.5. The number of fused-ring (bicyclic) bond motifs is 2. The topological polar surface area (TPSA) is 46.5 Å². The number of carbonyl (C=O) groups is 1. The Morgan fingerprint density at radius 2 is 2.12 bits per heavy atom. The summed E-state index contributed by atoms with van der Waals surface area (Å²) < 4.78 is 7.97. The van der Waals surface area contributed by atoms with E-state index in [-0.39, 0.29) is 11.9 Å². The number of rotatable bonds is 3. The predicted molar refractivity (Wildman–Crippen MR) is 102 cm³/mol. The van der Waals surface area contributed by atoms with Gasteiger partial charge in [0.2, 0.25) is 0 Å². The van der Waals surface area contributed by atoms with Gasteiger partial charge < -0.3 is 14.6 Å². The van der Waals surface area contributed by atoms with Crippen LogP contribution in [0.15, 0.2) is 24.3 Å². The number of benzene rings is 1. The summed E-state index contributed by atoms with van der Waals surface area (Å²) in [5.74, 6) is 0.761. The third-order valence-corrected chi connectivity index (χ3v) is 6.40. The molecule has 1 saturated carbocycles. The SMILES string of the molecule is Cn1c(C(=O)N[C@H]2C[C@H]3CO[C@H](C4CC4)CN3C2)cc2ccc(Cl)cc21. The largest absolute Gasteiger partial charge is 0.375 e. The van der Waals surface area contributed by atoms with E-state index in [2.05, 4.69) is 10.2 Å². The summed E-state index contributed by atoms with van der Waals surface area (Å²) in [6.45, 7) is 2.76. The zero-order valence-electron chi connectivity index (χ0n) is 15.0. The van der Waals surface area contributed by atoms with Crippen molar-refractivity contribution in [3.05, 3.63) is 35.0 Å². The maximum absolute atomic E-state index is 12.8. The van der Waals surface area contributed by atoms with Crippen molar-refractivity contribution in [3.63, 3.8) is 0 Å². The lowest BCUT2D eigenvalue weighted by Gasteiger charge is -2.35. The Hall–Kier alpha value is -1.56. The summed E-state index contributed by atoms with van der Waals surface area (Å²) in [7, 11) is 1.92. The van der Waals surface area contributed by atoms with Gasteiger partial charge in [-0.05, 0) is 43.4 Å². The highest BCUT2D eigenvalue weighted by Crippen LogP contribution is 2.38. The van der Waals surface area contributed by atoms with Crippen molar-refractivity contribution in [1.29, 1.82) is 0 Å². The molecule has 138 valence electrons. The van der Waals surface area contributed by atoms with E-state index >= 15 is 0 Å². The molecule has 2 saturated heterocycles. The Balaban J connectivity index is 1.28. The molecule has 1 aromatic carbocycles. The molecule has 0 bridgehead atoms. The summed E-state index contributed by atoms with van der Waals surface area (Å²) in [4.78, 5) is 15.4. The number of aromatic nitrogens is 1. The molecule has 0 radical (unpaired) electrons. The third kappa shape index (κ3) is 2.92. The fourth-order valence-corrected chi connectivity index (χ4v) is 4.70. The average Bonchev–Trinajstić information content (AvgIpc) is 3.32. The Bertz CT molecular complexity index is 860. The fourth-order valence-electron chi connectivity index (χ4n) is 4.54. The van der Waals surface area contributed by atoms with Crippen molar-refractivity contribution in [2.45, 2.75) is 37.5 Å². The second kappa shape index (κ2) is 6.25. The number of hydrogen-bond acceptors (Lipinski definition) is 3. The quantitative estimate of drug-likeness (QED) is 0.899. The first-order valence-electron chi connectivity index (χ1n) is 9.50. The summed E-state index contributed by atoms with van der Waals surface area (Å²) in [6, 6.07) is 8.29. The van der Waals surface area contributed by atoms with E-state index < -0.39 is 0 Å². The van der Waals surface area contributed by atoms with Crippen LogP contribution in [-0.2, 0) is 11.8 Å². The first-order chi connectivity index (χ1) is 12.6. The number of halogens is 1. The number of ether oxygens (including phenoxy) is 1. The molecule has 3 aliphatic rings. The van der Waals surface area contributed by atoms with Gasteiger partial charge in [-0.15, -0.1) is 0 Å². The molecule has 2 aliphatic heterocycles. The Kier molecular flexibility index (Phi) is 3.99. The molecule has 2 aromatic rings. The highest BCUT2D eigenvalue weighted by molar-refractivity contribution is 6.31. The van der Waals surface area contributed by atoms with Gasteiger partial charge in [-0.2, -0.15) is 0 Å². The van der Waals surface area contributed by atoms with E-state index in [1.165, 1.54) is 12.8 Å². The Morgan fingerprint density at radius 1 is 1.27 bits per heavy atom. The molecule has 26 heavy (non-hydrogen) atoms. The van der Waals surface area contributed by atoms with Gasteiger partial charge in [0.1, 0.15) is 5.69 Å². The summed E-state index contributed by atoms with van der Waals surface area (Å²) in [6.07, 6.45) is 4.01. The van der Waals surface area contributed by atoms with Crippen molar-refractivity contribution in [1.82, 2.24) is 14.8 Å². The number of morpholine rings is 1. The molecular formula is C20H24ClN3O2. The number of amides is 1. The number of nitrogens with one attached hydrogen (secondary N) is 1. The molecule has 3 fully saturated rings. The third-order valence-electron chi connectivity index (χ3n) is 6.17. The van der Waals surface area contributed by atoms with Gasteiger partial charge in [-0.1, -0.05) is 17.7 Å². The highest BCUT2D eigenvalue weighted by Gasteiger charge is 2.42. The van der Waals surface area contributed by atoms with Crippen LogP contribution < -0.4 is 5.32 Å². The number of nitrogens with zero attached hydrogens (tertiary/aromatic N) is 2. The minimum absolute atomic E-state index is 0.00988. The molecule has 1 aromatic heterocycles. The smallest absolute Gasteiger partial charge is 0.268 e. The lowest BCUT2D eigenvalue weighted by Crippen LogP contribution is -2.47. The molecule has 3 atom stereocenters. The van der Waals surface area contributed by atoms with Gasteiger partial charge in [0.25, 0.3) is 5.91 Å². The molecule has 1 N–H and O–H groups in total. The second-order valence-electron chi connectivity index (χ2n) is 8.01. The lowest BCUT2D eigenvalue weighted by molar-refractivity contribution is -0.0581. The van der Waals surface area contributed by atoms with Gasteiger partial charge in [-0.25, -0.2) is 0 Å². The van der Waals surface area contributed by atoms with Crippen molar-refractivity contribution in [3.8, 4) is 0 Å². The van der Waals surface area contributed by atoms with Crippen molar-refractivity contribution < 1.29 is 9.53 Å². The maximum atomic E-state index is 12.8. The van der Waals surface area contributed by atoms with Gasteiger partial charge in [-0.3, -0.25) is 9.69 Å². The van der Waals surface area contributed by atoms with Crippen LogP contribution >= 0.6 is 11.6 Å².